The maximum Gasteiger partial charge on any atom is 0.318 e. The van der Waals surface area contributed by atoms with Crippen molar-refractivity contribution >= 4 is 16.1 Å². The number of benzene rings is 1. The highest BCUT2D eigenvalue weighted by molar-refractivity contribution is 7.87. The smallest absolute Gasteiger partial charge is 0.318 e. The maximum absolute atomic E-state index is 12.5. The Labute approximate surface area is 156 Å². The Morgan fingerprint density at radius 3 is 2.23 bits per heavy atom. The number of urea groups is 1. The molecule has 26 heavy (non-hydrogen) atoms. The third kappa shape index (κ3) is 7.61. The van der Waals surface area contributed by atoms with Gasteiger partial charge in [-0.3, -0.25) is 0 Å². The van der Waals surface area contributed by atoms with E-state index in [0.29, 0.717) is 19.7 Å². The first-order valence-electron chi connectivity index (χ1n) is 8.53. The Bertz CT molecular complexity index is 679. The van der Waals surface area contributed by atoms with E-state index in [0.717, 1.165) is 5.56 Å². The van der Waals surface area contributed by atoms with E-state index in [2.05, 4.69) is 5.32 Å². The molecular formula is C18H30N2O5S. The number of ether oxygens (including phenoxy) is 1. The third-order valence-electron chi connectivity index (χ3n) is 3.42. The molecule has 0 fully saturated rings. The topological polar surface area (TPSA) is 84.9 Å². The second kappa shape index (κ2) is 9.23. The van der Waals surface area contributed by atoms with Gasteiger partial charge in [0.05, 0.1) is 11.9 Å². The molecule has 0 saturated heterocycles. The lowest BCUT2D eigenvalue weighted by atomic mass is 10.1. The van der Waals surface area contributed by atoms with Gasteiger partial charge in [-0.1, -0.05) is 12.1 Å². The molecular weight excluding hydrogens is 356 g/mol. The minimum Gasteiger partial charge on any atom is -0.383 e. The number of amides is 2. The zero-order chi connectivity index (χ0) is 20.0. The van der Waals surface area contributed by atoms with E-state index in [1.807, 2.05) is 20.8 Å². The summed E-state index contributed by atoms with van der Waals surface area (Å²) in [5.41, 5.74) is 0.519. The fraction of sp³-hybridized carbons (Fsp3) is 0.611. The van der Waals surface area contributed by atoms with E-state index in [1.165, 1.54) is 0 Å². The van der Waals surface area contributed by atoms with E-state index in [9.17, 15) is 13.2 Å². The number of rotatable bonds is 8. The van der Waals surface area contributed by atoms with Crippen LogP contribution in [0.25, 0.3) is 0 Å². The van der Waals surface area contributed by atoms with E-state index in [4.69, 9.17) is 8.92 Å². The van der Waals surface area contributed by atoms with Crippen LogP contribution in [0, 0.1) is 0 Å². The molecule has 0 saturated carbocycles. The second-order valence-electron chi connectivity index (χ2n) is 7.36. The van der Waals surface area contributed by atoms with Gasteiger partial charge in [-0.2, -0.15) is 8.42 Å². The zero-order valence-corrected chi connectivity index (χ0v) is 17.2. The molecule has 0 radical (unpaired) electrons. The van der Waals surface area contributed by atoms with Crippen LogP contribution in [0.2, 0.25) is 0 Å². The van der Waals surface area contributed by atoms with Gasteiger partial charge in [0.2, 0.25) is 0 Å². The summed E-state index contributed by atoms with van der Waals surface area (Å²) >= 11 is 0. The van der Waals surface area contributed by atoms with Gasteiger partial charge in [0, 0.05) is 25.7 Å². The molecule has 0 aliphatic heterocycles. The van der Waals surface area contributed by atoms with Crippen molar-refractivity contribution in [2.24, 2.45) is 0 Å². The summed E-state index contributed by atoms with van der Waals surface area (Å²) in [6.45, 7) is 10.1. The van der Waals surface area contributed by atoms with Gasteiger partial charge in [-0.05, 0) is 52.3 Å². The third-order valence-corrected chi connectivity index (χ3v) is 5.00. The molecule has 0 bridgehead atoms. The summed E-state index contributed by atoms with van der Waals surface area (Å²) in [5, 5.41) is 2.31. The van der Waals surface area contributed by atoms with Crippen molar-refractivity contribution in [1.29, 1.82) is 0 Å². The number of carbonyl (C=O) groups excluding carboxylic acids is 1. The molecule has 1 aromatic rings. The SMILES string of the molecule is COCCN(Cc1ccc(OS(=O)(=O)C(C)C)cc1)C(=O)NC(C)(C)C. The number of hydrogen-bond acceptors (Lipinski definition) is 5. The molecule has 0 atom stereocenters. The Balaban J connectivity index is 2.83. The van der Waals surface area contributed by atoms with Gasteiger partial charge in [-0.25, -0.2) is 4.79 Å². The monoisotopic (exact) mass is 386 g/mol. The van der Waals surface area contributed by atoms with Crippen LogP contribution in [0.5, 0.6) is 5.75 Å². The fourth-order valence-corrected chi connectivity index (χ4v) is 2.53. The molecule has 1 rings (SSSR count). The lowest BCUT2D eigenvalue weighted by Gasteiger charge is -2.28. The Kier molecular flexibility index (Phi) is 7.89. The van der Waals surface area contributed by atoms with Gasteiger partial charge >= 0.3 is 16.1 Å². The molecule has 0 aromatic heterocycles. The lowest BCUT2D eigenvalue weighted by Crippen LogP contribution is -2.49. The molecule has 8 heteroatoms. The van der Waals surface area contributed by atoms with Crippen LogP contribution in [0.1, 0.15) is 40.2 Å². The highest BCUT2D eigenvalue weighted by Gasteiger charge is 2.20. The molecule has 0 heterocycles. The van der Waals surface area contributed by atoms with Crippen molar-refractivity contribution in [3.63, 3.8) is 0 Å². The standard InChI is InChI=1S/C18H30N2O5S/c1-14(2)26(22,23)25-16-9-7-15(8-10-16)13-20(11-12-24-6)17(21)19-18(3,4)5/h7-10,14H,11-13H2,1-6H3,(H,19,21). The quantitative estimate of drug-likeness (QED) is 0.695. The first-order chi connectivity index (χ1) is 11.9. The fourth-order valence-electron chi connectivity index (χ4n) is 1.95. The average Bonchev–Trinajstić information content (AvgIpc) is 2.50. The van der Waals surface area contributed by atoms with Crippen LogP contribution in [0.15, 0.2) is 24.3 Å². The van der Waals surface area contributed by atoms with Crippen molar-refractivity contribution in [1.82, 2.24) is 10.2 Å². The van der Waals surface area contributed by atoms with Gasteiger partial charge in [0.1, 0.15) is 5.75 Å². The Hall–Kier alpha value is -1.80. The van der Waals surface area contributed by atoms with Gasteiger partial charge in [-0.15, -0.1) is 0 Å². The summed E-state index contributed by atoms with van der Waals surface area (Å²) in [6.07, 6.45) is 0. The maximum atomic E-state index is 12.5. The number of methoxy groups -OCH3 is 1. The minimum absolute atomic E-state index is 0.183. The molecule has 7 nitrogen and oxygen atoms in total. The first kappa shape index (κ1) is 22.2. The molecule has 2 amide bonds. The van der Waals surface area contributed by atoms with E-state index < -0.39 is 15.4 Å². The van der Waals surface area contributed by atoms with Gasteiger partial charge in [0.25, 0.3) is 0 Å². The normalized spacial score (nSPS) is 12.1. The number of nitrogens with zero attached hydrogens (tertiary/aromatic N) is 1. The Morgan fingerprint density at radius 2 is 1.77 bits per heavy atom. The summed E-state index contributed by atoms with van der Waals surface area (Å²) in [6, 6.07) is 6.49. The molecule has 0 aliphatic carbocycles. The van der Waals surface area contributed by atoms with Crippen molar-refractivity contribution in [3.05, 3.63) is 29.8 Å². The zero-order valence-electron chi connectivity index (χ0n) is 16.4. The summed E-state index contributed by atoms with van der Waals surface area (Å²) in [5.74, 6) is 0.255. The largest absolute Gasteiger partial charge is 0.383 e. The lowest BCUT2D eigenvalue weighted by molar-refractivity contribution is 0.142. The number of hydrogen-bond donors (Lipinski definition) is 1. The number of nitrogens with one attached hydrogen (secondary N) is 1. The molecule has 0 aliphatic rings. The van der Waals surface area contributed by atoms with Crippen molar-refractivity contribution in [3.8, 4) is 5.75 Å². The van der Waals surface area contributed by atoms with E-state index >= 15 is 0 Å². The van der Waals surface area contributed by atoms with Gasteiger partial charge < -0.3 is 19.1 Å². The van der Waals surface area contributed by atoms with Crippen molar-refractivity contribution in [2.45, 2.75) is 52.0 Å². The summed E-state index contributed by atoms with van der Waals surface area (Å²) in [7, 11) is -2.04. The van der Waals surface area contributed by atoms with Crippen LogP contribution < -0.4 is 9.50 Å². The molecule has 0 unspecified atom stereocenters. The van der Waals surface area contributed by atoms with Crippen molar-refractivity contribution < 1.29 is 22.1 Å². The molecule has 1 aromatic carbocycles. The first-order valence-corrected chi connectivity index (χ1v) is 10.00. The number of carbonyl (C=O) groups is 1. The van der Waals surface area contributed by atoms with E-state index in [-0.39, 0.29) is 17.3 Å². The van der Waals surface area contributed by atoms with Crippen LogP contribution in [0.3, 0.4) is 0 Å². The molecule has 148 valence electrons. The van der Waals surface area contributed by atoms with E-state index in [1.54, 1.807) is 50.1 Å². The summed E-state index contributed by atoms with van der Waals surface area (Å²) < 4.78 is 33.8. The van der Waals surface area contributed by atoms with Crippen LogP contribution in [-0.2, 0) is 21.4 Å². The van der Waals surface area contributed by atoms with Crippen LogP contribution >= 0.6 is 0 Å². The molecule has 1 N–H and O–H groups in total. The second-order valence-corrected chi connectivity index (χ2v) is 9.46. The summed E-state index contributed by atoms with van der Waals surface area (Å²) in [4.78, 5) is 14.1. The minimum atomic E-state index is -3.62. The van der Waals surface area contributed by atoms with Crippen LogP contribution in [-0.4, -0.2) is 50.4 Å². The molecule has 0 spiro atoms. The van der Waals surface area contributed by atoms with Crippen LogP contribution in [0.4, 0.5) is 4.79 Å². The van der Waals surface area contributed by atoms with Crippen molar-refractivity contribution in [2.75, 3.05) is 20.3 Å². The van der Waals surface area contributed by atoms with Gasteiger partial charge in [0.15, 0.2) is 0 Å². The average molecular weight is 387 g/mol. The predicted molar refractivity (Wildman–Crippen MR) is 102 cm³/mol. The Morgan fingerprint density at radius 1 is 1.19 bits per heavy atom. The predicted octanol–water partition coefficient (Wildman–Crippen LogP) is 2.76. The highest BCUT2D eigenvalue weighted by atomic mass is 32.2. The highest BCUT2D eigenvalue weighted by Crippen LogP contribution is 2.17.